The molecular formula is C16H21F2NO4. The molecule has 0 aliphatic carbocycles. The lowest BCUT2D eigenvalue weighted by molar-refractivity contribution is -0.143. The molecule has 0 radical (unpaired) electrons. The third kappa shape index (κ3) is 6.63. The van der Waals surface area contributed by atoms with Crippen LogP contribution in [0.1, 0.15) is 32.3 Å². The van der Waals surface area contributed by atoms with Crippen LogP contribution in [0.2, 0.25) is 0 Å². The van der Waals surface area contributed by atoms with E-state index in [-0.39, 0.29) is 24.0 Å². The van der Waals surface area contributed by atoms with Gasteiger partial charge in [-0.15, -0.1) is 0 Å². The van der Waals surface area contributed by atoms with Gasteiger partial charge in [-0.05, 0) is 30.0 Å². The van der Waals surface area contributed by atoms with Gasteiger partial charge in [0.1, 0.15) is 11.8 Å². The van der Waals surface area contributed by atoms with Crippen molar-refractivity contribution in [1.29, 1.82) is 0 Å². The molecule has 0 aliphatic rings. The number of halogens is 2. The summed E-state index contributed by atoms with van der Waals surface area (Å²) in [6.45, 7) is 0.747. The number of amides is 1. The van der Waals surface area contributed by atoms with Crippen LogP contribution >= 0.6 is 0 Å². The second-order valence-electron chi connectivity index (χ2n) is 5.29. The standard InChI is InChI=1S/C16H21F2NO4/c1-3-10(2)14(15(21)22)19-13(20)9-6-11-4-7-12(8-5-11)23-16(17)18/h4-5,7-8,10,14,16H,3,6,9H2,1-2H3,(H,19,20)(H,21,22)/t10-,14-/m0/s1. The first-order chi connectivity index (χ1) is 10.8. The van der Waals surface area contributed by atoms with Crippen LogP contribution in [-0.4, -0.2) is 29.6 Å². The highest BCUT2D eigenvalue weighted by Gasteiger charge is 2.24. The minimum Gasteiger partial charge on any atom is -0.480 e. The molecule has 1 aromatic rings. The average molecular weight is 329 g/mol. The maximum absolute atomic E-state index is 12.0. The van der Waals surface area contributed by atoms with Gasteiger partial charge in [0.25, 0.3) is 0 Å². The number of carbonyl (C=O) groups is 2. The Morgan fingerprint density at radius 3 is 2.35 bits per heavy atom. The predicted octanol–water partition coefficient (Wildman–Crippen LogP) is 2.84. The number of carboxylic acids is 1. The van der Waals surface area contributed by atoms with Crippen LogP contribution in [0.5, 0.6) is 5.75 Å². The van der Waals surface area contributed by atoms with E-state index in [0.717, 1.165) is 5.56 Å². The molecule has 0 aromatic heterocycles. The van der Waals surface area contributed by atoms with Gasteiger partial charge in [0.15, 0.2) is 0 Å². The van der Waals surface area contributed by atoms with Crippen LogP contribution in [0, 0.1) is 5.92 Å². The van der Waals surface area contributed by atoms with Crippen molar-refractivity contribution < 1.29 is 28.2 Å². The lowest BCUT2D eigenvalue weighted by atomic mass is 9.99. The van der Waals surface area contributed by atoms with E-state index >= 15 is 0 Å². The Labute approximate surface area is 133 Å². The molecule has 5 nitrogen and oxygen atoms in total. The molecule has 0 saturated carbocycles. The summed E-state index contributed by atoms with van der Waals surface area (Å²) in [6, 6.07) is 5.08. The summed E-state index contributed by atoms with van der Waals surface area (Å²) in [5.41, 5.74) is 0.775. The van der Waals surface area contributed by atoms with Crippen LogP contribution in [-0.2, 0) is 16.0 Å². The van der Waals surface area contributed by atoms with E-state index in [1.165, 1.54) is 12.1 Å². The van der Waals surface area contributed by atoms with Crippen molar-refractivity contribution in [2.24, 2.45) is 5.92 Å². The van der Waals surface area contributed by atoms with Gasteiger partial charge in [-0.1, -0.05) is 32.4 Å². The zero-order valence-electron chi connectivity index (χ0n) is 13.1. The third-order valence-corrected chi connectivity index (χ3v) is 3.58. The van der Waals surface area contributed by atoms with Gasteiger partial charge >= 0.3 is 12.6 Å². The Bertz CT molecular complexity index is 519. The quantitative estimate of drug-likeness (QED) is 0.730. The number of ether oxygens (including phenoxy) is 1. The Balaban J connectivity index is 2.50. The molecule has 1 amide bonds. The number of aliphatic carboxylic acids is 1. The maximum Gasteiger partial charge on any atom is 0.387 e. The Morgan fingerprint density at radius 1 is 1.26 bits per heavy atom. The lowest BCUT2D eigenvalue weighted by Crippen LogP contribution is -2.45. The molecular weight excluding hydrogens is 308 g/mol. The van der Waals surface area contributed by atoms with Crippen molar-refractivity contribution in [1.82, 2.24) is 5.32 Å². The number of rotatable bonds is 9. The molecule has 2 atom stereocenters. The topological polar surface area (TPSA) is 75.6 Å². The summed E-state index contributed by atoms with van der Waals surface area (Å²) in [4.78, 5) is 23.0. The van der Waals surface area contributed by atoms with Crippen molar-refractivity contribution in [2.45, 2.75) is 45.8 Å². The minimum atomic E-state index is -2.87. The predicted molar refractivity (Wildman–Crippen MR) is 80.4 cm³/mol. The molecule has 0 unspecified atom stereocenters. The first kappa shape index (κ1) is 18.9. The molecule has 2 N–H and O–H groups in total. The molecule has 0 saturated heterocycles. The van der Waals surface area contributed by atoms with E-state index in [0.29, 0.717) is 12.8 Å². The highest BCUT2D eigenvalue weighted by molar-refractivity contribution is 5.83. The second kappa shape index (κ2) is 9.07. The molecule has 0 heterocycles. The fourth-order valence-corrected chi connectivity index (χ4v) is 2.02. The smallest absolute Gasteiger partial charge is 0.387 e. The number of nitrogens with one attached hydrogen (secondary N) is 1. The monoisotopic (exact) mass is 329 g/mol. The Hall–Kier alpha value is -2.18. The number of aryl methyl sites for hydroxylation is 1. The van der Waals surface area contributed by atoms with Crippen molar-refractivity contribution in [2.75, 3.05) is 0 Å². The van der Waals surface area contributed by atoms with Crippen LogP contribution in [0.4, 0.5) is 8.78 Å². The van der Waals surface area contributed by atoms with E-state index in [2.05, 4.69) is 10.1 Å². The van der Waals surface area contributed by atoms with Gasteiger partial charge in [0, 0.05) is 6.42 Å². The summed E-state index contributed by atoms with van der Waals surface area (Å²) < 4.78 is 28.3. The molecule has 0 bridgehead atoms. The van der Waals surface area contributed by atoms with Crippen molar-refractivity contribution in [3.8, 4) is 5.75 Å². The fraction of sp³-hybridized carbons (Fsp3) is 0.500. The number of carbonyl (C=O) groups excluding carboxylic acids is 1. The van der Waals surface area contributed by atoms with Crippen LogP contribution in [0.15, 0.2) is 24.3 Å². The molecule has 128 valence electrons. The molecule has 0 aliphatic heterocycles. The number of alkyl halides is 2. The second-order valence-corrected chi connectivity index (χ2v) is 5.29. The number of carboxylic acid groups (broad SMARTS) is 1. The molecule has 23 heavy (non-hydrogen) atoms. The number of hydrogen-bond donors (Lipinski definition) is 2. The van der Waals surface area contributed by atoms with Crippen LogP contribution in [0.25, 0.3) is 0 Å². The zero-order valence-corrected chi connectivity index (χ0v) is 13.1. The van der Waals surface area contributed by atoms with Gasteiger partial charge < -0.3 is 15.2 Å². The van der Waals surface area contributed by atoms with Gasteiger partial charge in [0.05, 0.1) is 0 Å². The van der Waals surface area contributed by atoms with E-state index in [9.17, 15) is 18.4 Å². The zero-order chi connectivity index (χ0) is 17.4. The van der Waals surface area contributed by atoms with Crippen LogP contribution < -0.4 is 10.1 Å². The van der Waals surface area contributed by atoms with E-state index in [4.69, 9.17) is 5.11 Å². The first-order valence-electron chi connectivity index (χ1n) is 7.39. The maximum atomic E-state index is 12.0. The summed E-state index contributed by atoms with van der Waals surface area (Å²) >= 11 is 0. The van der Waals surface area contributed by atoms with Gasteiger partial charge in [-0.25, -0.2) is 4.79 Å². The summed E-state index contributed by atoms with van der Waals surface area (Å²) in [6.07, 6.45) is 1.14. The summed E-state index contributed by atoms with van der Waals surface area (Å²) in [5.74, 6) is -1.52. The number of hydrogen-bond acceptors (Lipinski definition) is 3. The molecule has 1 rings (SSSR count). The van der Waals surface area contributed by atoms with Crippen molar-refractivity contribution >= 4 is 11.9 Å². The van der Waals surface area contributed by atoms with Gasteiger partial charge in [-0.2, -0.15) is 8.78 Å². The lowest BCUT2D eigenvalue weighted by Gasteiger charge is -2.20. The fourth-order valence-electron chi connectivity index (χ4n) is 2.02. The largest absolute Gasteiger partial charge is 0.480 e. The molecule has 7 heteroatoms. The summed E-state index contributed by atoms with van der Waals surface area (Å²) in [7, 11) is 0. The summed E-state index contributed by atoms with van der Waals surface area (Å²) in [5, 5.41) is 11.6. The highest BCUT2D eigenvalue weighted by Crippen LogP contribution is 2.16. The van der Waals surface area contributed by atoms with E-state index < -0.39 is 18.6 Å². The number of benzene rings is 1. The molecule has 0 spiro atoms. The normalized spacial score (nSPS) is 13.4. The Kier molecular flexibility index (Phi) is 7.44. The highest BCUT2D eigenvalue weighted by atomic mass is 19.3. The van der Waals surface area contributed by atoms with E-state index in [1.807, 2.05) is 6.92 Å². The van der Waals surface area contributed by atoms with Gasteiger partial charge in [-0.3, -0.25) is 4.79 Å². The average Bonchev–Trinajstić information content (AvgIpc) is 2.50. The van der Waals surface area contributed by atoms with Gasteiger partial charge in [0.2, 0.25) is 5.91 Å². The molecule has 0 fully saturated rings. The molecule has 1 aromatic carbocycles. The van der Waals surface area contributed by atoms with Crippen LogP contribution in [0.3, 0.4) is 0 Å². The van der Waals surface area contributed by atoms with Crippen molar-refractivity contribution in [3.05, 3.63) is 29.8 Å². The Morgan fingerprint density at radius 2 is 1.87 bits per heavy atom. The van der Waals surface area contributed by atoms with E-state index in [1.54, 1.807) is 19.1 Å². The van der Waals surface area contributed by atoms with Crippen molar-refractivity contribution in [3.63, 3.8) is 0 Å². The first-order valence-corrected chi connectivity index (χ1v) is 7.39. The SMILES string of the molecule is CC[C@H](C)[C@H](NC(=O)CCc1ccc(OC(F)F)cc1)C(=O)O. The minimum absolute atomic E-state index is 0.0518. The third-order valence-electron chi connectivity index (χ3n) is 3.58.